The zero-order valence-corrected chi connectivity index (χ0v) is 24.1. The minimum absolute atomic E-state index is 0.130. The Morgan fingerprint density at radius 1 is 1.22 bits per heavy atom. The van der Waals surface area contributed by atoms with E-state index >= 15 is 0 Å². The third-order valence-electron chi connectivity index (χ3n) is 6.72. The van der Waals surface area contributed by atoms with E-state index in [0.29, 0.717) is 24.3 Å². The molecule has 1 saturated carbocycles. The van der Waals surface area contributed by atoms with E-state index in [9.17, 15) is 13.6 Å². The first-order valence-corrected chi connectivity index (χ1v) is 14.8. The molecule has 0 spiro atoms. The second-order valence-corrected chi connectivity index (χ2v) is 13.2. The van der Waals surface area contributed by atoms with Crippen LogP contribution in [0.2, 0.25) is 0 Å². The predicted octanol–water partition coefficient (Wildman–Crippen LogP) is 6.57. The van der Waals surface area contributed by atoms with Crippen LogP contribution < -0.4 is 9.62 Å². The number of methoxy groups -OCH3 is 1. The van der Waals surface area contributed by atoms with Gasteiger partial charge in [0.05, 0.1) is 7.11 Å². The summed E-state index contributed by atoms with van der Waals surface area (Å²) in [5.41, 5.74) is 2.72. The number of esters is 1. The highest BCUT2D eigenvalue weighted by Crippen LogP contribution is 2.43. The fraction of sp³-hybridized carbons (Fsp3) is 0.607. The van der Waals surface area contributed by atoms with E-state index < -0.39 is 16.8 Å². The summed E-state index contributed by atoms with van der Waals surface area (Å²) in [5, 5.41) is 4.51. The van der Waals surface area contributed by atoms with Gasteiger partial charge in [0.25, 0.3) is 11.3 Å². The van der Waals surface area contributed by atoms with Gasteiger partial charge in [0, 0.05) is 35.0 Å². The molecule has 0 radical (unpaired) electrons. The van der Waals surface area contributed by atoms with Gasteiger partial charge in [-0.15, -0.1) is 11.3 Å². The van der Waals surface area contributed by atoms with Crippen molar-refractivity contribution in [3.63, 3.8) is 0 Å². The van der Waals surface area contributed by atoms with Crippen LogP contribution in [0.3, 0.4) is 0 Å². The Hall–Kier alpha value is -1.74. The lowest BCUT2D eigenvalue weighted by Crippen LogP contribution is -2.42. The average Bonchev–Trinajstić information content (AvgIpc) is 3.19. The number of thiophene rings is 1. The van der Waals surface area contributed by atoms with Crippen LogP contribution in [0.5, 0.6) is 0 Å². The lowest BCUT2D eigenvalue weighted by Gasteiger charge is -2.33. The smallest absolute Gasteiger partial charge is 0.305 e. The van der Waals surface area contributed by atoms with Crippen molar-refractivity contribution in [3.05, 3.63) is 40.8 Å². The number of nitrogens with one attached hydrogen (secondary N) is 1. The van der Waals surface area contributed by atoms with Crippen LogP contribution in [0.1, 0.15) is 77.2 Å². The summed E-state index contributed by atoms with van der Waals surface area (Å²) >= 11 is -0.517. The Morgan fingerprint density at radius 2 is 1.89 bits per heavy atom. The molecule has 2 N–H and O–H groups in total. The summed E-state index contributed by atoms with van der Waals surface area (Å²) in [7, 11) is 1.46. The summed E-state index contributed by atoms with van der Waals surface area (Å²) in [6.07, 6.45) is 5.90. The molecule has 0 saturated heterocycles. The Morgan fingerprint density at radius 3 is 2.47 bits per heavy atom. The summed E-state index contributed by atoms with van der Waals surface area (Å²) in [6.45, 7) is 11.0. The average molecular weight is 535 g/mol. The van der Waals surface area contributed by atoms with E-state index in [1.54, 1.807) is 15.6 Å². The first-order valence-electron chi connectivity index (χ1n) is 12.9. The zero-order valence-electron chi connectivity index (χ0n) is 22.5. The molecular weight excluding hydrogens is 492 g/mol. The van der Waals surface area contributed by atoms with Crippen molar-refractivity contribution in [2.75, 3.05) is 11.4 Å². The van der Waals surface area contributed by atoms with Gasteiger partial charge in [-0.05, 0) is 69.1 Å². The van der Waals surface area contributed by atoms with Gasteiger partial charge in [-0.25, -0.2) is 4.21 Å². The van der Waals surface area contributed by atoms with E-state index in [0.717, 1.165) is 41.9 Å². The van der Waals surface area contributed by atoms with Gasteiger partial charge in [0.2, 0.25) is 0 Å². The summed E-state index contributed by atoms with van der Waals surface area (Å²) in [6, 6.07) is 11.0. The fourth-order valence-corrected chi connectivity index (χ4v) is 7.47. The number of benzene rings is 1. The Bertz CT molecular complexity index is 1030. The molecule has 1 aromatic heterocycles. The number of hydrogen-bond acceptors (Lipinski definition) is 5. The molecule has 36 heavy (non-hydrogen) atoms. The maximum atomic E-state index is 12.4. The van der Waals surface area contributed by atoms with Crippen LogP contribution in [0.4, 0.5) is 5.00 Å². The van der Waals surface area contributed by atoms with Gasteiger partial charge in [-0.2, -0.15) is 0 Å². The highest BCUT2D eigenvalue weighted by molar-refractivity contribution is 7.81. The molecule has 6 nitrogen and oxygen atoms in total. The molecule has 8 heteroatoms. The normalized spacial score (nSPS) is 19.3. The second kappa shape index (κ2) is 12.7. The molecule has 200 valence electrons. The van der Waals surface area contributed by atoms with E-state index in [-0.39, 0.29) is 5.97 Å². The van der Waals surface area contributed by atoms with Crippen molar-refractivity contribution >= 4 is 33.6 Å². The Kier molecular flexibility index (Phi) is 10.1. The van der Waals surface area contributed by atoms with Crippen LogP contribution >= 0.6 is 11.3 Å². The van der Waals surface area contributed by atoms with Gasteiger partial charge in [-0.3, -0.25) is 13.7 Å². The van der Waals surface area contributed by atoms with Crippen LogP contribution in [-0.4, -0.2) is 33.4 Å². The van der Waals surface area contributed by atoms with Crippen molar-refractivity contribution in [1.82, 2.24) is 5.32 Å². The standard InChI is InChI=1S/C28H42N2O4S2/c1-19(2)15-23-17-24(27(35-23)30(36(32)33)28(3,4)5)21-13-11-20(12-14-21)18-29-25-10-8-7-9-22(25)16-26(31)34-6/h11-14,17,19,22,25,29H,7-10,15-16,18H2,1-6H3,(H,32,33)/t22?,25-/m0/s1. The molecule has 3 rings (SSSR count). The first-order chi connectivity index (χ1) is 17.0. The molecule has 1 heterocycles. The Balaban J connectivity index is 1.80. The molecule has 1 aromatic carbocycles. The lowest BCUT2D eigenvalue weighted by molar-refractivity contribution is -0.142. The molecular formula is C28H42N2O4S2. The van der Waals surface area contributed by atoms with Crippen molar-refractivity contribution in [2.45, 2.75) is 91.3 Å². The maximum Gasteiger partial charge on any atom is 0.305 e. The molecule has 2 unspecified atom stereocenters. The van der Waals surface area contributed by atoms with Gasteiger partial charge >= 0.3 is 5.97 Å². The molecule has 0 aliphatic heterocycles. The van der Waals surface area contributed by atoms with E-state index in [4.69, 9.17) is 4.74 Å². The number of carbonyl (C=O) groups is 1. The molecule has 1 fully saturated rings. The van der Waals surface area contributed by atoms with E-state index in [1.807, 2.05) is 20.8 Å². The van der Waals surface area contributed by atoms with Gasteiger partial charge in [-0.1, -0.05) is 51.0 Å². The van der Waals surface area contributed by atoms with Crippen LogP contribution in [0.25, 0.3) is 11.1 Å². The van der Waals surface area contributed by atoms with E-state index in [2.05, 4.69) is 49.5 Å². The van der Waals surface area contributed by atoms with Crippen molar-refractivity contribution in [3.8, 4) is 11.1 Å². The zero-order chi connectivity index (χ0) is 26.5. The largest absolute Gasteiger partial charge is 0.469 e. The fourth-order valence-electron chi connectivity index (χ4n) is 4.97. The summed E-state index contributed by atoms with van der Waals surface area (Å²) < 4.78 is 29.0. The molecule has 1 aliphatic rings. The molecule has 0 amide bonds. The monoisotopic (exact) mass is 534 g/mol. The summed E-state index contributed by atoms with van der Waals surface area (Å²) in [4.78, 5) is 13.0. The van der Waals surface area contributed by atoms with Crippen molar-refractivity contribution in [2.24, 2.45) is 11.8 Å². The van der Waals surface area contributed by atoms with Crippen LogP contribution in [0.15, 0.2) is 30.3 Å². The minimum Gasteiger partial charge on any atom is -0.469 e. The number of ether oxygens (including phenoxy) is 1. The molecule has 1 aliphatic carbocycles. The lowest BCUT2D eigenvalue weighted by atomic mass is 9.82. The van der Waals surface area contributed by atoms with Gasteiger partial charge in [0.15, 0.2) is 0 Å². The highest BCUT2D eigenvalue weighted by atomic mass is 32.2. The quantitative estimate of drug-likeness (QED) is 0.266. The Labute approximate surface area is 223 Å². The molecule has 0 bridgehead atoms. The number of anilines is 1. The number of hydrogen-bond donors (Lipinski definition) is 2. The topological polar surface area (TPSA) is 78.9 Å². The van der Waals surface area contributed by atoms with Gasteiger partial charge < -0.3 is 10.1 Å². The SMILES string of the molecule is COC(=O)CC1CCCC[C@@H]1NCc1ccc(-c2cc(CC(C)C)sc2N(S(=O)O)C(C)(C)C)cc1. The first kappa shape index (κ1) is 28.8. The number of nitrogens with zero attached hydrogens (tertiary/aromatic N) is 1. The minimum atomic E-state index is -2.13. The highest BCUT2D eigenvalue weighted by Gasteiger charge is 2.31. The third kappa shape index (κ3) is 7.63. The second-order valence-electron chi connectivity index (χ2n) is 11.2. The maximum absolute atomic E-state index is 12.4. The van der Waals surface area contributed by atoms with Crippen molar-refractivity contribution in [1.29, 1.82) is 0 Å². The number of rotatable bonds is 10. The van der Waals surface area contributed by atoms with Gasteiger partial charge in [0.1, 0.15) is 5.00 Å². The summed E-state index contributed by atoms with van der Waals surface area (Å²) in [5.74, 6) is 0.693. The van der Waals surface area contributed by atoms with E-state index in [1.165, 1.54) is 30.4 Å². The molecule has 2 aromatic rings. The molecule has 3 atom stereocenters. The predicted molar refractivity (Wildman–Crippen MR) is 151 cm³/mol. The third-order valence-corrected chi connectivity index (χ3v) is 9.02. The van der Waals surface area contributed by atoms with Crippen LogP contribution in [-0.2, 0) is 33.8 Å². The van der Waals surface area contributed by atoms with Crippen LogP contribution in [0, 0.1) is 11.8 Å². The number of carbonyl (C=O) groups excluding carboxylic acids is 1. The van der Waals surface area contributed by atoms with Crippen molar-refractivity contribution < 1.29 is 18.3 Å².